The third kappa shape index (κ3) is 1.96. The van der Waals surface area contributed by atoms with Crippen LogP contribution in [0, 0.1) is 0 Å². The molecule has 3 rings (SSSR count). The molecule has 0 saturated heterocycles. The Morgan fingerprint density at radius 1 is 1.24 bits per heavy atom. The molecule has 0 aliphatic carbocycles. The standard InChI is InChI=1S/C12H9BrN2OS/c13-7-5-10(17-6-7)11-14-9-4-2-1-3-8(9)12(16)15-11/h1-6,11,14H,(H,15,16)/t11-/m0/s1. The van der Waals surface area contributed by atoms with Crippen molar-refractivity contribution in [1.82, 2.24) is 5.32 Å². The second-order valence-electron chi connectivity index (χ2n) is 3.76. The molecule has 1 aliphatic rings. The Bertz CT molecular complexity index is 581. The first-order chi connectivity index (χ1) is 8.24. The quantitative estimate of drug-likeness (QED) is 0.848. The highest BCUT2D eigenvalue weighted by Gasteiger charge is 2.24. The summed E-state index contributed by atoms with van der Waals surface area (Å²) >= 11 is 5.02. The molecular weight excluding hydrogens is 300 g/mol. The van der Waals surface area contributed by atoms with Gasteiger partial charge in [-0.15, -0.1) is 11.3 Å². The van der Waals surface area contributed by atoms with E-state index in [4.69, 9.17) is 0 Å². The number of carbonyl (C=O) groups is 1. The van der Waals surface area contributed by atoms with E-state index in [1.807, 2.05) is 35.7 Å². The second kappa shape index (κ2) is 4.16. The van der Waals surface area contributed by atoms with Crippen LogP contribution in [0.1, 0.15) is 21.4 Å². The Morgan fingerprint density at radius 3 is 2.82 bits per heavy atom. The summed E-state index contributed by atoms with van der Waals surface area (Å²) in [5, 5.41) is 8.26. The van der Waals surface area contributed by atoms with Crippen molar-refractivity contribution < 1.29 is 4.79 Å². The van der Waals surface area contributed by atoms with E-state index in [0.717, 1.165) is 15.0 Å². The SMILES string of the molecule is O=C1N[C@@H](c2cc(Br)cs2)Nc2ccccc21. The average molecular weight is 309 g/mol. The zero-order chi connectivity index (χ0) is 11.8. The van der Waals surface area contributed by atoms with Crippen LogP contribution in [0.15, 0.2) is 40.2 Å². The largest absolute Gasteiger partial charge is 0.360 e. The lowest BCUT2D eigenvalue weighted by molar-refractivity contribution is 0.0936. The molecule has 1 aromatic carbocycles. The van der Waals surface area contributed by atoms with Crippen LogP contribution in [0.3, 0.4) is 0 Å². The smallest absolute Gasteiger partial charge is 0.255 e. The van der Waals surface area contributed by atoms with E-state index in [-0.39, 0.29) is 12.1 Å². The third-order valence-electron chi connectivity index (χ3n) is 2.62. The minimum Gasteiger partial charge on any atom is -0.360 e. The highest BCUT2D eigenvalue weighted by Crippen LogP contribution is 2.30. The topological polar surface area (TPSA) is 41.1 Å². The van der Waals surface area contributed by atoms with Gasteiger partial charge in [-0.05, 0) is 34.1 Å². The number of carbonyl (C=O) groups excluding carboxylic acids is 1. The number of hydrogen-bond donors (Lipinski definition) is 2. The molecule has 0 fully saturated rings. The summed E-state index contributed by atoms with van der Waals surface area (Å²) in [7, 11) is 0. The molecule has 1 aliphatic heterocycles. The summed E-state index contributed by atoms with van der Waals surface area (Å²) in [6, 6.07) is 9.53. The first-order valence-electron chi connectivity index (χ1n) is 5.14. The van der Waals surface area contributed by atoms with Crippen molar-refractivity contribution in [2.45, 2.75) is 6.17 Å². The second-order valence-corrected chi connectivity index (χ2v) is 5.62. The number of para-hydroxylation sites is 1. The van der Waals surface area contributed by atoms with Gasteiger partial charge in [0.05, 0.1) is 5.56 Å². The molecule has 86 valence electrons. The van der Waals surface area contributed by atoms with Gasteiger partial charge in [-0.1, -0.05) is 12.1 Å². The van der Waals surface area contributed by atoms with Gasteiger partial charge in [0.2, 0.25) is 0 Å². The maximum Gasteiger partial charge on any atom is 0.255 e. The van der Waals surface area contributed by atoms with E-state index in [0.29, 0.717) is 5.56 Å². The molecule has 2 aromatic rings. The van der Waals surface area contributed by atoms with Gasteiger partial charge in [0.1, 0.15) is 6.17 Å². The van der Waals surface area contributed by atoms with Gasteiger partial charge < -0.3 is 10.6 Å². The van der Waals surface area contributed by atoms with Crippen molar-refractivity contribution in [3.05, 3.63) is 50.6 Å². The van der Waals surface area contributed by atoms with Crippen LogP contribution in [0.4, 0.5) is 5.69 Å². The maximum atomic E-state index is 11.9. The minimum absolute atomic E-state index is 0.0335. The van der Waals surface area contributed by atoms with Crippen LogP contribution in [-0.2, 0) is 0 Å². The lowest BCUT2D eigenvalue weighted by Crippen LogP contribution is -2.37. The Hall–Kier alpha value is -1.33. The van der Waals surface area contributed by atoms with Gasteiger partial charge in [-0.3, -0.25) is 4.79 Å². The van der Waals surface area contributed by atoms with Gasteiger partial charge in [0, 0.05) is 20.4 Å². The number of nitrogens with one attached hydrogen (secondary N) is 2. The summed E-state index contributed by atoms with van der Waals surface area (Å²) in [4.78, 5) is 13.0. The summed E-state index contributed by atoms with van der Waals surface area (Å²) < 4.78 is 1.03. The molecule has 1 atom stereocenters. The predicted molar refractivity (Wildman–Crippen MR) is 72.3 cm³/mol. The molecule has 1 amide bonds. The van der Waals surface area contributed by atoms with Crippen LogP contribution in [0.5, 0.6) is 0 Å². The lowest BCUT2D eigenvalue weighted by Gasteiger charge is -2.26. The van der Waals surface area contributed by atoms with Crippen molar-refractivity contribution >= 4 is 38.9 Å². The highest BCUT2D eigenvalue weighted by atomic mass is 79.9. The van der Waals surface area contributed by atoms with Gasteiger partial charge in [0.15, 0.2) is 0 Å². The lowest BCUT2D eigenvalue weighted by atomic mass is 10.1. The first-order valence-corrected chi connectivity index (χ1v) is 6.81. The van der Waals surface area contributed by atoms with Crippen molar-refractivity contribution in [3.8, 4) is 0 Å². The molecular formula is C12H9BrN2OS. The number of anilines is 1. The van der Waals surface area contributed by atoms with Crippen molar-refractivity contribution in [3.63, 3.8) is 0 Å². The van der Waals surface area contributed by atoms with Crippen LogP contribution in [0.25, 0.3) is 0 Å². The summed E-state index contributed by atoms with van der Waals surface area (Å²) in [6.07, 6.45) is -0.145. The number of fused-ring (bicyclic) bond motifs is 1. The number of amides is 1. The molecule has 3 nitrogen and oxygen atoms in total. The van der Waals surface area contributed by atoms with Crippen LogP contribution >= 0.6 is 27.3 Å². The fraction of sp³-hybridized carbons (Fsp3) is 0.0833. The van der Waals surface area contributed by atoms with E-state index < -0.39 is 0 Å². The third-order valence-corrected chi connectivity index (χ3v) is 4.38. The number of hydrogen-bond acceptors (Lipinski definition) is 3. The highest BCUT2D eigenvalue weighted by molar-refractivity contribution is 9.10. The van der Waals surface area contributed by atoms with E-state index >= 15 is 0 Å². The molecule has 0 spiro atoms. The molecule has 2 heterocycles. The molecule has 2 N–H and O–H groups in total. The summed E-state index contributed by atoms with van der Waals surface area (Å²) in [5.74, 6) is -0.0335. The Kier molecular flexibility index (Phi) is 2.64. The number of halogens is 1. The normalized spacial score (nSPS) is 18.2. The van der Waals surface area contributed by atoms with Gasteiger partial charge in [0.25, 0.3) is 5.91 Å². The monoisotopic (exact) mass is 308 g/mol. The molecule has 0 radical (unpaired) electrons. The van der Waals surface area contributed by atoms with E-state index in [9.17, 15) is 4.79 Å². The van der Waals surface area contributed by atoms with E-state index in [1.165, 1.54) is 0 Å². The van der Waals surface area contributed by atoms with Gasteiger partial charge in [-0.25, -0.2) is 0 Å². The maximum absolute atomic E-state index is 11.9. The minimum atomic E-state index is -0.145. The number of benzene rings is 1. The summed E-state index contributed by atoms with van der Waals surface area (Å²) in [6.45, 7) is 0. The predicted octanol–water partition coefficient (Wildman–Crippen LogP) is 3.36. The van der Waals surface area contributed by atoms with Crippen molar-refractivity contribution in [2.24, 2.45) is 0 Å². The van der Waals surface area contributed by atoms with Crippen LogP contribution < -0.4 is 10.6 Å². The zero-order valence-corrected chi connectivity index (χ0v) is 11.1. The van der Waals surface area contributed by atoms with E-state index in [2.05, 4.69) is 26.6 Å². The molecule has 5 heteroatoms. The Morgan fingerprint density at radius 2 is 2.06 bits per heavy atom. The fourth-order valence-corrected chi connectivity index (χ4v) is 3.27. The Balaban J connectivity index is 1.96. The van der Waals surface area contributed by atoms with Gasteiger partial charge in [-0.2, -0.15) is 0 Å². The van der Waals surface area contributed by atoms with Gasteiger partial charge >= 0.3 is 0 Å². The number of rotatable bonds is 1. The molecule has 0 saturated carbocycles. The van der Waals surface area contributed by atoms with Crippen LogP contribution in [-0.4, -0.2) is 5.91 Å². The zero-order valence-electron chi connectivity index (χ0n) is 8.74. The molecule has 0 unspecified atom stereocenters. The Labute approximate surface area is 111 Å². The van der Waals surface area contributed by atoms with E-state index in [1.54, 1.807) is 11.3 Å². The molecule has 17 heavy (non-hydrogen) atoms. The molecule has 0 bridgehead atoms. The summed E-state index contributed by atoms with van der Waals surface area (Å²) in [5.41, 5.74) is 1.57. The molecule has 1 aromatic heterocycles. The average Bonchev–Trinajstić information content (AvgIpc) is 2.76. The van der Waals surface area contributed by atoms with Crippen molar-refractivity contribution in [1.29, 1.82) is 0 Å². The number of thiophene rings is 1. The van der Waals surface area contributed by atoms with Crippen LogP contribution in [0.2, 0.25) is 0 Å². The first kappa shape index (κ1) is 10.8. The van der Waals surface area contributed by atoms with Crippen molar-refractivity contribution in [2.75, 3.05) is 5.32 Å². The fourth-order valence-electron chi connectivity index (χ4n) is 1.83.